The highest BCUT2D eigenvalue weighted by molar-refractivity contribution is 14.1. The molecule has 4 heteroatoms. The molecule has 0 unspecified atom stereocenters. The van der Waals surface area contributed by atoms with Crippen LogP contribution < -0.4 is 0 Å². The van der Waals surface area contributed by atoms with Gasteiger partial charge in [0.05, 0.1) is 0 Å². The molecule has 0 aliphatic carbocycles. The molecule has 0 saturated carbocycles. The summed E-state index contributed by atoms with van der Waals surface area (Å²) in [7, 11) is 0. The molecule has 0 heterocycles. The van der Waals surface area contributed by atoms with Crippen LogP contribution in [-0.2, 0) is 4.79 Å². The van der Waals surface area contributed by atoms with Crippen LogP contribution in [0.2, 0.25) is 0 Å². The number of hydrogen-bond acceptors (Lipinski definition) is 2. The molecule has 1 aromatic rings. The molecule has 88 valence electrons. The zero-order chi connectivity index (χ0) is 13.0. The van der Waals surface area contributed by atoms with Crippen LogP contribution >= 0.6 is 22.6 Å². The summed E-state index contributed by atoms with van der Waals surface area (Å²) in [6, 6.07) is 5.41. The first-order valence-corrected chi connectivity index (χ1v) is 5.90. The Labute approximate surface area is 113 Å². The summed E-state index contributed by atoms with van der Waals surface area (Å²) in [5, 5.41) is 8.47. The molecule has 0 aliphatic rings. The van der Waals surface area contributed by atoms with E-state index in [0.29, 0.717) is 5.56 Å². The van der Waals surface area contributed by atoms with Gasteiger partial charge < -0.3 is 5.11 Å². The van der Waals surface area contributed by atoms with Gasteiger partial charge in [0.25, 0.3) is 0 Å². The third-order valence-corrected chi connectivity index (χ3v) is 3.04. The number of carboxylic acids is 1. The summed E-state index contributed by atoms with van der Waals surface area (Å²) in [5.74, 6) is -1.45. The van der Waals surface area contributed by atoms with Gasteiger partial charge in [0.15, 0.2) is 5.78 Å². The van der Waals surface area contributed by atoms with E-state index in [4.69, 9.17) is 5.11 Å². The molecule has 1 aromatic carbocycles. The quantitative estimate of drug-likeness (QED) is 0.520. The Morgan fingerprint density at radius 3 is 2.53 bits per heavy atom. The number of ketones is 1. The minimum Gasteiger partial charge on any atom is -0.478 e. The molecular formula is C13H11IO3. The highest BCUT2D eigenvalue weighted by atomic mass is 127. The maximum absolute atomic E-state index is 11.8. The molecule has 3 nitrogen and oxygen atoms in total. The van der Waals surface area contributed by atoms with Crippen molar-refractivity contribution in [3.05, 3.63) is 51.6 Å². The van der Waals surface area contributed by atoms with Gasteiger partial charge in [-0.25, -0.2) is 4.79 Å². The first kappa shape index (κ1) is 13.6. The van der Waals surface area contributed by atoms with Crippen molar-refractivity contribution in [2.75, 3.05) is 0 Å². The molecule has 0 radical (unpaired) electrons. The lowest BCUT2D eigenvalue weighted by Gasteiger charge is -2.04. The van der Waals surface area contributed by atoms with Gasteiger partial charge >= 0.3 is 5.97 Å². The monoisotopic (exact) mass is 342 g/mol. The third-order valence-electron chi connectivity index (χ3n) is 2.10. The minimum atomic E-state index is -1.13. The Balaban J connectivity index is 3.12. The van der Waals surface area contributed by atoms with Crippen molar-refractivity contribution >= 4 is 39.9 Å². The van der Waals surface area contributed by atoms with Crippen LogP contribution in [0, 0.1) is 3.57 Å². The number of rotatable bonds is 4. The highest BCUT2D eigenvalue weighted by Gasteiger charge is 2.08. The zero-order valence-electron chi connectivity index (χ0n) is 9.24. The summed E-state index contributed by atoms with van der Waals surface area (Å²) in [4.78, 5) is 22.1. The number of carbonyl (C=O) groups excluding carboxylic acids is 1. The van der Waals surface area contributed by atoms with Crippen LogP contribution in [0.4, 0.5) is 0 Å². The lowest BCUT2D eigenvalue weighted by molar-refractivity contribution is -0.131. The van der Waals surface area contributed by atoms with Gasteiger partial charge in [0.2, 0.25) is 0 Å². The second-order valence-electron chi connectivity index (χ2n) is 3.51. The molecule has 0 atom stereocenters. The van der Waals surface area contributed by atoms with Gasteiger partial charge in [0.1, 0.15) is 0 Å². The Bertz CT molecular complexity index is 515. The van der Waals surface area contributed by atoms with Crippen LogP contribution in [0.25, 0.3) is 5.57 Å². The van der Waals surface area contributed by atoms with Crippen molar-refractivity contribution in [1.29, 1.82) is 0 Å². The van der Waals surface area contributed by atoms with E-state index in [1.807, 2.05) is 41.6 Å². The molecule has 0 aliphatic heterocycles. The number of benzene rings is 1. The number of allylic oxidation sites excluding steroid dienone is 2. The summed E-state index contributed by atoms with van der Waals surface area (Å²) in [5.41, 5.74) is 2.22. The lowest BCUT2D eigenvalue weighted by Crippen LogP contribution is -2.00. The van der Waals surface area contributed by atoms with Crippen molar-refractivity contribution in [3.8, 4) is 0 Å². The molecule has 0 aromatic heterocycles. The summed E-state index contributed by atoms with van der Waals surface area (Å²) in [6.45, 7) is 5.65. The van der Waals surface area contributed by atoms with E-state index < -0.39 is 5.97 Å². The molecule has 0 spiro atoms. The average Bonchev–Trinajstić information content (AvgIpc) is 2.26. The van der Waals surface area contributed by atoms with Crippen LogP contribution in [0.1, 0.15) is 22.8 Å². The standard InChI is InChI=1S/C13H11IO3/c1-8(2)9-3-4-11(14)10(7-9)12(15)5-6-13(16)17/h3-7H,1H2,2H3,(H,16,17)/b6-5+. The van der Waals surface area contributed by atoms with Gasteiger partial charge in [-0.1, -0.05) is 18.2 Å². The van der Waals surface area contributed by atoms with Crippen molar-refractivity contribution < 1.29 is 14.7 Å². The largest absolute Gasteiger partial charge is 0.478 e. The van der Waals surface area contributed by atoms with Crippen molar-refractivity contribution in [2.45, 2.75) is 6.92 Å². The van der Waals surface area contributed by atoms with E-state index in [9.17, 15) is 9.59 Å². The Morgan fingerprint density at radius 1 is 1.35 bits per heavy atom. The SMILES string of the molecule is C=C(C)c1ccc(I)c(C(=O)/C=C/C(=O)O)c1. The van der Waals surface area contributed by atoms with E-state index in [0.717, 1.165) is 26.9 Å². The predicted octanol–water partition coefficient (Wildman–Crippen LogP) is 3.15. The van der Waals surface area contributed by atoms with E-state index in [1.165, 1.54) is 0 Å². The predicted molar refractivity (Wildman–Crippen MR) is 75.0 cm³/mol. The smallest absolute Gasteiger partial charge is 0.328 e. The number of hydrogen-bond donors (Lipinski definition) is 1. The second-order valence-corrected chi connectivity index (χ2v) is 4.67. The first-order chi connectivity index (χ1) is 7.91. The van der Waals surface area contributed by atoms with Crippen LogP contribution in [0.3, 0.4) is 0 Å². The molecule has 1 rings (SSSR count). The Morgan fingerprint density at radius 2 is 2.00 bits per heavy atom. The molecule has 0 saturated heterocycles. The fourth-order valence-corrected chi connectivity index (χ4v) is 1.82. The molecular weight excluding hydrogens is 331 g/mol. The van der Waals surface area contributed by atoms with Gasteiger partial charge in [-0.15, -0.1) is 0 Å². The fourth-order valence-electron chi connectivity index (χ4n) is 1.22. The number of carboxylic acid groups (broad SMARTS) is 1. The van der Waals surface area contributed by atoms with Gasteiger partial charge in [0, 0.05) is 15.2 Å². The maximum Gasteiger partial charge on any atom is 0.328 e. The number of halogens is 1. The topological polar surface area (TPSA) is 54.4 Å². The summed E-state index contributed by atoms with van der Waals surface area (Å²) < 4.78 is 0.785. The van der Waals surface area contributed by atoms with E-state index >= 15 is 0 Å². The Kier molecular flexibility index (Phi) is 4.62. The molecule has 0 fully saturated rings. The van der Waals surface area contributed by atoms with Gasteiger partial charge in [-0.2, -0.15) is 0 Å². The summed E-state index contributed by atoms with van der Waals surface area (Å²) in [6.07, 6.45) is 1.90. The second kappa shape index (κ2) is 5.77. The van der Waals surface area contributed by atoms with E-state index in [2.05, 4.69) is 6.58 Å². The fraction of sp³-hybridized carbons (Fsp3) is 0.0769. The van der Waals surface area contributed by atoms with E-state index in [-0.39, 0.29) is 5.78 Å². The van der Waals surface area contributed by atoms with Crippen molar-refractivity contribution in [1.82, 2.24) is 0 Å². The minimum absolute atomic E-state index is 0.320. The third kappa shape index (κ3) is 3.81. The van der Waals surface area contributed by atoms with Crippen molar-refractivity contribution in [2.24, 2.45) is 0 Å². The van der Waals surface area contributed by atoms with Crippen LogP contribution in [-0.4, -0.2) is 16.9 Å². The van der Waals surface area contributed by atoms with E-state index in [1.54, 1.807) is 6.07 Å². The first-order valence-electron chi connectivity index (χ1n) is 4.82. The number of carbonyl (C=O) groups is 2. The van der Waals surface area contributed by atoms with Crippen LogP contribution in [0.5, 0.6) is 0 Å². The average molecular weight is 342 g/mol. The zero-order valence-corrected chi connectivity index (χ0v) is 11.4. The normalized spacial score (nSPS) is 10.5. The molecule has 0 amide bonds. The van der Waals surface area contributed by atoms with Gasteiger partial charge in [-0.05, 0) is 53.3 Å². The van der Waals surface area contributed by atoms with Crippen LogP contribution in [0.15, 0.2) is 36.9 Å². The molecule has 1 N–H and O–H groups in total. The highest BCUT2D eigenvalue weighted by Crippen LogP contribution is 2.19. The molecule has 17 heavy (non-hydrogen) atoms. The van der Waals surface area contributed by atoms with Gasteiger partial charge in [-0.3, -0.25) is 4.79 Å². The maximum atomic E-state index is 11.8. The van der Waals surface area contributed by atoms with Crippen molar-refractivity contribution in [3.63, 3.8) is 0 Å². The molecule has 0 bridgehead atoms. The Hall–Kier alpha value is -1.43. The number of aliphatic carboxylic acids is 1. The summed E-state index contributed by atoms with van der Waals surface area (Å²) >= 11 is 2.04. The lowest BCUT2D eigenvalue weighted by atomic mass is 10.0.